The zero-order valence-electron chi connectivity index (χ0n) is 20.1. The van der Waals surface area contributed by atoms with Crippen LogP contribution in [0.2, 0.25) is 0 Å². The molecular formula is C25H37N3O5. The molecule has 1 spiro atoms. The van der Waals surface area contributed by atoms with Crippen molar-refractivity contribution in [3.8, 4) is 0 Å². The molecule has 0 saturated carbocycles. The average molecular weight is 460 g/mol. The highest BCUT2D eigenvalue weighted by atomic mass is 16.5. The van der Waals surface area contributed by atoms with Crippen LogP contribution < -0.4 is 0 Å². The van der Waals surface area contributed by atoms with Crippen LogP contribution in [0, 0.1) is 17.8 Å². The van der Waals surface area contributed by atoms with E-state index in [1.807, 2.05) is 38.2 Å². The van der Waals surface area contributed by atoms with Crippen LogP contribution in [0.15, 0.2) is 24.3 Å². The van der Waals surface area contributed by atoms with Gasteiger partial charge in [-0.2, -0.15) is 0 Å². The average Bonchev–Trinajstić information content (AvgIpc) is 3.10. The van der Waals surface area contributed by atoms with Gasteiger partial charge in [-0.05, 0) is 12.3 Å². The first-order chi connectivity index (χ1) is 15.8. The van der Waals surface area contributed by atoms with Crippen LogP contribution in [0.4, 0.5) is 0 Å². The zero-order chi connectivity index (χ0) is 23.9. The smallest absolute Gasteiger partial charge is 0.249 e. The molecule has 0 aliphatic carbocycles. The third kappa shape index (κ3) is 3.71. The highest BCUT2D eigenvalue weighted by Gasteiger charge is 2.72. The lowest BCUT2D eigenvalue weighted by molar-refractivity contribution is -0.152. The highest BCUT2D eigenvalue weighted by Crippen LogP contribution is 2.54. The fraction of sp³-hybridized carbons (Fsp3) is 0.720. The van der Waals surface area contributed by atoms with Crippen molar-refractivity contribution in [1.29, 1.82) is 0 Å². The monoisotopic (exact) mass is 459 g/mol. The lowest BCUT2D eigenvalue weighted by Crippen LogP contribution is -2.59. The molecule has 0 aromatic rings. The fourth-order valence-electron chi connectivity index (χ4n) is 5.98. The van der Waals surface area contributed by atoms with Gasteiger partial charge in [0.05, 0.1) is 30.6 Å². The van der Waals surface area contributed by atoms with E-state index in [1.165, 1.54) is 0 Å². The van der Waals surface area contributed by atoms with E-state index < -0.39 is 35.6 Å². The molecule has 0 radical (unpaired) electrons. The Hall–Kier alpha value is -2.19. The lowest BCUT2D eigenvalue weighted by atomic mass is 9.77. The maximum atomic E-state index is 14.0. The van der Waals surface area contributed by atoms with Crippen molar-refractivity contribution in [3.63, 3.8) is 0 Å². The Labute approximate surface area is 196 Å². The quantitative estimate of drug-likeness (QED) is 0.456. The highest BCUT2D eigenvalue weighted by molar-refractivity contribution is 6.00. The topological polar surface area (TPSA) is 90.4 Å². The van der Waals surface area contributed by atoms with Crippen LogP contribution in [-0.2, 0) is 19.1 Å². The Bertz CT molecular complexity index is 855. The molecule has 1 unspecified atom stereocenters. The van der Waals surface area contributed by atoms with E-state index in [0.717, 1.165) is 19.3 Å². The zero-order valence-corrected chi connectivity index (χ0v) is 20.1. The van der Waals surface area contributed by atoms with Gasteiger partial charge in [0.2, 0.25) is 17.7 Å². The van der Waals surface area contributed by atoms with E-state index in [-0.39, 0.29) is 30.2 Å². The number of likely N-dealkylation sites (tertiary alicyclic amines) is 1. The summed E-state index contributed by atoms with van der Waals surface area (Å²) in [5.41, 5.74) is -1.22. The predicted molar refractivity (Wildman–Crippen MR) is 123 cm³/mol. The summed E-state index contributed by atoms with van der Waals surface area (Å²) in [5, 5.41) is 10.2. The Kier molecular flexibility index (Phi) is 6.69. The normalized spacial score (nSPS) is 34.5. The van der Waals surface area contributed by atoms with Crippen molar-refractivity contribution < 1.29 is 24.2 Å². The summed E-state index contributed by atoms with van der Waals surface area (Å²) in [6.45, 7) is 7.25. The van der Waals surface area contributed by atoms with Crippen molar-refractivity contribution in [2.75, 3.05) is 33.3 Å². The van der Waals surface area contributed by atoms with E-state index in [4.69, 9.17) is 4.74 Å². The minimum atomic E-state index is -1.22. The summed E-state index contributed by atoms with van der Waals surface area (Å²) in [4.78, 5) is 46.3. The van der Waals surface area contributed by atoms with Crippen molar-refractivity contribution in [1.82, 2.24) is 14.7 Å². The van der Waals surface area contributed by atoms with Gasteiger partial charge in [0.25, 0.3) is 0 Å². The van der Waals surface area contributed by atoms with Crippen molar-refractivity contribution in [2.45, 2.75) is 63.8 Å². The molecule has 2 fully saturated rings. The van der Waals surface area contributed by atoms with Crippen molar-refractivity contribution in [3.05, 3.63) is 24.3 Å². The first kappa shape index (κ1) is 24.0. The van der Waals surface area contributed by atoms with Crippen LogP contribution in [0.1, 0.15) is 40.0 Å². The predicted octanol–water partition coefficient (Wildman–Crippen LogP) is 1.20. The number of carbonyl (C=O) groups excluding carboxylic acids is 3. The van der Waals surface area contributed by atoms with Crippen LogP contribution >= 0.6 is 0 Å². The molecule has 4 heterocycles. The first-order valence-corrected chi connectivity index (χ1v) is 12.3. The second-order valence-electron chi connectivity index (χ2n) is 10.1. The van der Waals surface area contributed by atoms with E-state index >= 15 is 0 Å². The SMILES string of the molecule is CCCCCN1CC=C[C@]23O[C@H]4C=CCN(C)C(=O)[C@H]4[C@H]2C(=O)N([C@@H](CO)C(C)C)C3C1=O. The third-order valence-corrected chi connectivity index (χ3v) is 7.73. The van der Waals surface area contributed by atoms with Gasteiger partial charge in [0.1, 0.15) is 11.6 Å². The number of aliphatic hydroxyl groups excluding tert-OH is 1. The summed E-state index contributed by atoms with van der Waals surface area (Å²) in [7, 11) is 1.73. The summed E-state index contributed by atoms with van der Waals surface area (Å²) < 4.78 is 6.57. The van der Waals surface area contributed by atoms with Gasteiger partial charge in [-0.15, -0.1) is 0 Å². The van der Waals surface area contributed by atoms with E-state index in [0.29, 0.717) is 19.6 Å². The second-order valence-corrected chi connectivity index (χ2v) is 10.1. The molecule has 4 rings (SSSR count). The molecule has 0 aromatic carbocycles. The number of hydrogen-bond acceptors (Lipinski definition) is 5. The van der Waals surface area contributed by atoms with Gasteiger partial charge in [0.15, 0.2) is 0 Å². The van der Waals surface area contributed by atoms with Crippen LogP contribution in [-0.4, -0.2) is 94.6 Å². The van der Waals surface area contributed by atoms with Gasteiger partial charge in [-0.3, -0.25) is 14.4 Å². The molecule has 1 N–H and O–H groups in total. The molecule has 4 aliphatic rings. The van der Waals surface area contributed by atoms with Crippen LogP contribution in [0.3, 0.4) is 0 Å². The van der Waals surface area contributed by atoms with Gasteiger partial charge in [0, 0.05) is 26.7 Å². The molecule has 3 amide bonds. The molecule has 4 aliphatic heterocycles. The maximum Gasteiger partial charge on any atom is 0.249 e. The number of amides is 3. The summed E-state index contributed by atoms with van der Waals surface area (Å²) in [6, 6.07) is -1.43. The number of carbonyl (C=O) groups is 3. The minimum absolute atomic E-state index is 0.0633. The van der Waals surface area contributed by atoms with Crippen molar-refractivity contribution >= 4 is 17.7 Å². The second kappa shape index (κ2) is 9.22. The van der Waals surface area contributed by atoms with Crippen LogP contribution in [0.25, 0.3) is 0 Å². The number of rotatable bonds is 7. The number of ether oxygens (including phenoxy) is 1. The van der Waals surface area contributed by atoms with Gasteiger partial charge >= 0.3 is 0 Å². The molecule has 2 saturated heterocycles. The third-order valence-electron chi connectivity index (χ3n) is 7.73. The Morgan fingerprint density at radius 2 is 1.88 bits per heavy atom. The van der Waals surface area contributed by atoms with E-state index in [2.05, 4.69) is 6.92 Å². The summed E-state index contributed by atoms with van der Waals surface area (Å²) in [5.74, 6) is -2.13. The summed E-state index contributed by atoms with van der Waals surface area (Å²) >= 11 is 0. The van der Waals surface area contributed by atoms with Gasteiger partial charge in [-0.1, -0.05) is 57.9 Å². The first-order valence-electron chi connectivity index (χ1n) is 12.3. The number of unbranched alkanes of at least 4 members (excludes halogenated alkanes) is 2. The number of nitrogens with zero attached hydrogens (tertiary/aromatic N) is 3. The summed E-state index contributed by atoms with van der Waals surface area (Å²) in [6.07, 6.45) is 9.93. The van der Waals surface area contributed by atoms with Crippen molar-refractivity contribution in [2.24, 2.45) is 17.8 Å². The standard InChI is InChI=1S/C25H37N3O5/c1-5-6-7-13-27-14-9-11-25-20(19-18(33-25)10-8-12-26(4)22(19)30)23(31)28(21(25)24(27)32)17(15-29)16(2)3/h8-11,16-21,29H,5-7,12-15H2,1-4H3/t17-,18-,19+,20-,21?,25-/m0/s1. The largest absolute Gasteiger partial charge is 0.394 e. The molecule has 0 bridgehead atoms. The molecule has 6 atom stereocenters. The Balaban J connectivity index is 1.81. The fourth-order valence-corrected chi connectivity index (χ4v) is 5.98. The number of fused-ring (bicyclic) bond motifs is 2. The lowest BCUT2D eigenvalue weighted by Gasteiger charge is -2.39. The molecule has 0 aromatic heterocycles. The molecule has 33 heavy (non-hydrogen) atoms. The molecule has 8 heteroatoms. The van der Waals surface area contributed by atoms with Gasteiger partial charge < -0.3 is 24.5 Å². The molecule has 8 nitrogen and oxygen atoms in total. The number of likely N-dealkylation sites (N-methyl/N-ethyl adjacent to an activating group) is 1. The number of aliphatic hydroxyl groups is 1. The van der Waals surface area contributed by atoms with E-state index in [9.17, 15) is 19.5 Å². The Morgan fingerprint density at radius 3 is 2.55 bits per heavy atom. The Morgan fingerprint density at radius 1 is 1.12 bits per heavy atom. The van der Waals surface area contributed by atoms with Crippen LogP contribution in [0.5, 0.6) is 0 Å². The minimum Gasteiger partial charge on any atom is -0.394 e. The molecular weight excluding hydrogens is 422 g/mol. The maximum absolute atomic E-state index is 14.0. The van der Waals surface area contributed by atoms with E-state index in [1.54, 1.807) is 21.7 Å². The molecule has 182 valence electrons. The van der Waals surface area contributed by atoms with Gasteiger partial charge in [-0.25, -0.2) is 0 Å². The number of hydrogen-bond donors (Lipinski definition) is 1.